The van der Waals surface area contributed by atoms with Gasteiger partial charge in [0.25, 0.3) is 5.92 Å². The predicted octanol–water partition coefficient (Wildman–Crippen LogP) is 2.21. The standard InChI is InChI=1S/C14H15F2NO2/c15-14(16)7-6-11-13(14)17(12(18)9-19-11)8-10-4-2-1-3-5-10/h1-5,11,13H,6-9H2/t11-,13+/m1/s1. The molecule has 1 amide bonds. The second-order valence-electron chi connectivity index (χ2n) is 5.10. The van der Waals surface area contributed by atoms with Crippen molar-refractivity contribution in [1.82, 2.24) is 4.90 Å². The number of carbonyl (C=O) groups excluding carboxylic acids is 1. The van der Waals surface area contributed by atoms with Gasteiger partial charge < -0.3 is 9.64 Å². The number of halogens is 2. The van der Waals surface area contributed by atoms with E-state index in [1.54, 1.807) is 0 Å². The van der Waals surface area contributed by atoms with Gasteiger partial charge in [-0.25, -0.2) is 8.78 Å². The van der Waals surface area contributed by atoms with E-state index in [4.69, 9.17) is 4.74 Å². The first kappa shape index (κ1) is 12.5. The number of fused-ring (bicyclic) bond motifs is 1. The number of hydrogen-bond donors (Lipinski definition) is 0. The molecule has 2 atom stereocenters. The van der Waals surface area contributed by atoms with Crippen LogP contribution in [-0.2, 0) is 16.1 Å². The number of ether oxygens (including phenoxy) is 1. The molecule has 2 aliphatic rings. The lowest BCUT2D eigenvalue weighted by atomic mass is 10.1. The van der Waals surface area contributed by atoms with Gasteiger partial charge in [-0.2, -0.15) is 0 Å². The fourth-order valence-electron chi connectivity index (χ4n) is 2.90. The highest BCUT2D eigenvalue weighted by molar-refractivity contribution is 5.79. The van der Waals surface area contributed by atoms with Crippen molar-refractivity contribution in [3.63, 3.8) is 0 Å². The third-order valence-corrected chi connectivity index (χ3v) is 3.82. The minimum Gasteiger partial charge on any atom is -0.366 e. The summed E-state index contributed by atoms with van der Waals surface area (Å²) in [6, 6.07) is 8.09. The van der Waals surface area contributed by atoms with Gasteiger partial charge in [0.1, 0.15) is 12.6 Å². The minimum absolute atomic E-state index is 0.0932. The second kappa shape index (κ2) is 4.56. The van der Waals surface area contributed by atoms with Crippen LogP contribution in [-0.4, -0.2) is 35.5 Å². The highest BCUT2D eigenvalue weighted by Crippen LogP contribution is 2.42. The topological polar surface area (TPSA) is 29.5 Å². The number of carbonyl (C=O) groups is 1. The summed E-state index contributed by atoms with van der Waals surface area (Å²) in [7, 11) is 0. The SMILES string of the molecule is O=C1CO[C@@H]2CCC(F)(F)[C@H]2N1Cc1ccccc1. The molecule has 0 aromatic heterocycles. The number of benzene rings is 1. The van der Waals surface area contributed by atoms with Crippen LogP contribution >= 0.6 is 0 Å². The molecule has 0 spiro atoms. The molecule has 1 saturated carbocycles. The second-order valence-corrected chi connectivity index (χ2v) is 5.10. The summed E-state index contributed by atoms with van der Waals surface area (Å²) in [5.74, 6) is -3.21. The molecule has 1 aliphatic heterocycles. The first-order valence-corrected chi connectivity index (χ1v) is 6.41. The molecule has 3 nitrogen and oxygen atoms in total. The van der Waals surface area contributed by atoms with Crippen molar-refractivity contribution in [3.05, 3.63) is 35.9 Å². The van der Waals surface area contributed by atoms with Crippen LogP contribution in [0.2, 0.25) is 0 Å². The minimum atomic E-state index is -2.85. The summed E-state index contributed by atoms with van der Waals surface area (Å²) in [5.41, 5.74) is 0.860. The first-order chi connectivity index (χ1) is 9.08. The molecule has 1 saturated heterocycles. The first-order valence-electron chi connectivity index (χ1n) is 6.41. The van der Waals surface area contributed by atoms with Crippen LogP contribution in [0.3, 0.4) is 0 Å². The number of morpholine rings is 1. The van der Waals surface area contributed by atoms with Gasteiger partial charge in [-0.15, -0.1) is 0 Å². The van der Waals surface area contributed by atoms with E-state index in [1.807, 2.05) is 30.3 Å². The van der Waals surface area contributed by atoms with Gasteiger partial charge in [-0.05, 0) is 12.0 Å². The maximum Gasteiger partial charge on any atom is 0.270 e. The van der Waals surface area contributed by atoms with Crippen molar-refractivity contribution >= 4 is 5.91 Å². The van der Waals surface area contributed by atoms with E-state index in [0.29, 0.717) is 6.42 Å². The number of nitrogens with zero attached hydrogens (tertiary/aromatic N) is 1. The summed E-state index contributed by atoms with van der Waals surface area (Å²) in [4.78, 5) is 13.2. The quantitative estimate of drug-likeness (QED) is 0.822. The number of alkyl halides is 2. The molecule has 5 heteroatoms. The fraction of sp³-hybridized carbons (Fsp3) is 0.500. The fourth-order valence-corrected chi connectivity index (χ4v) is 2.90. The summed E-state index contributed by atoms with van der Waals surface area (Å²) in [6.45, 7) is 0.129. The number of rotatable bonds is 2. The highest BCUT2D eigenvalue weighted by Gasteiger charge is 2.56. The molecule has 1 aromatic carbocycles. The summed E-state index contributed by atoms with van der Waals surface area (Å²) >= 11 is 0. The van der Waals surface area contributed by atoms with E-state index in [2.05, 4.69) is 0 Å². The Labute approximate surface area is 110 Å². The Morgan fingerprint density at radius 2 is 2.05 bits per heavy atom. The third-order valence-electron chi connectivity index (χ3n) is 3.82. The third kappa shape index (κ3) is 2.23. The largest absolute Gasteiger partial charge is 0.366 e. The van der Waals surface area contributed by atoms with E-state index in [-0.39, 0.29) is 25.5 Å². The number of amides is 1. The molecular weight excluding hydrogens is 252 g/mol. The summed E-state index contributed by atoms with van der Waals surface area (Å²) < 4.78 is 33.1. The van der Waals surface area contributed by atoms with Gasteiger partial charge in [0, 0.05) is 13.0 Å². The normalized spacial score (nSPS) is 29.4. The van der Waals surface area contributed by atoms with Crippen LogP contribution in [0.15, 0.2) is 30.3 Å². The van der Waals surface area contributed by atoms with Crippen LogP contribution in [0.25, 0.3) is 0 Å². The van der Waals surface area contributed by atoms with Gasteiger partial charge in [-0.1, -0.05) is 30.3 Å². The van der Waals surface area contributed by atoms with E-state index in [0.717, 1.165) is 5.56 Å². The van der Waals surface area contributed by atoms with Gasteiger partial charge in [0.2, 0.25) is 5.91 Å². The zero-order chi connectivity index (χ0) is 13.5. The lowest BCUT2D eigenvalue weighted by Crippen LogP contribution is -2.57. The lowest BCUT2D eigenvalue weighted by molar-refractivity contribution is -0.173. The molecule has 1 aromatic rings. The van der Waals surface area contributed by atoms with Crippen LogP contribution < -0.4 is 0 Å². The zero-order valence-corrected chi connectivity index (χ0v) is 10.4. The lowest BCUT2D eigenvalue weighted by Gasteiger charge is -2.39. The van der Waals surface area contributed by atoms with Crippen molar-refractivity contribution in [2.24, 2.45) is 0 Å². The molecule has 1 aliphatic carbocycles. The molecule has 2 fully saturated rings. The van der Waals surface area contributed by atoms with E-state index >= 15 is 0 Å². The highest BCUT2D eigenvalue weighted by atomic mass is 19.3. The van der Waals surface area contributed by atoms with Crippen molar-refractivity contribution < 1.29 is 18.3 Å². The monoisotopic (exact) mass is 267 g/mol. The Hall–Kier alpha value is -1.49. The average molecular weight is 267 g/mol. The van der Waals surface area contributed by atoms with E-state index in [9.17, 15) is 13.6 Å². The maximum atomic E-state index is 13.9. The summed E-state index contributed by atoms with van der Waals surface area (Å²) in [6.07, 6.45) is -0.423. The molecule has 1 heterocycles. The van der Waals surface area contributed by atoms with Gasteiger partial charge in [0.05, 0.1) is 6.10 Å². The van der Waals surface area contributed by atoms with Gasteiger partial charge in [-0.3, -0.25) is 4.79 Å². The van der Waals surface area contributed by atoms with Crippen molar-refractivity contribution in [1.29, 1.82) is 0 Å². The molecule has 0 radical (unpaired) electrons. The van der Waals surface area contributed by atoms with Crippen LogP contribution in [0.4, 0.5) is 8.78 Å². The average Bonchev–Trinajstić information content (AvgIpc) is 2.70. The van der Waals surface area contributed by atoms with Crippen molar-refractivity contribution in [3.8, 4) is 0 Å². The zero-order valence-electron chi connectivity index (χ0n) is 10.4. The smallest absolute Gasteiger partial charge is 0.270 e. The molecule has 0 N–H and O–H groups in total. The van der Waals surface area contributed by atoms with E-state index < -0.39 is 18.1 Å². The predicted molar refractivity (Wildman–Crippen MR) is 64.7 cm³/mol. The maximum absolute atomic E-state index is 13.9. The van der Waals surface area contributed by atoms with Gasteiger partial charge in [0.15, 0.2) is 0 Å². The van der Waals surface area contributed by atoms with Crippen molar-refractivity contribution in [2.45, 2.75) is 37.5 Å². The Balaban J connectivity index is 1.86. The van der Waals surface area contributed by atoms with Crippen LogP contribution in [0.1, 0.15) is 18.4 Å². The Bertz CT molecular complexity index is 478. The van der Waals surface area contributed by atoms with Crippen molar-refractivity contribution in [2.75, 3.05) is 6.61 Å². The molecular formula is C14H15F2NO2. The molecule has 0 unspecified atom stereocenters. The van der Waals surface area contributed by atoms with Crippen LogP contribution in [0, 0.1) is 0 Å². The Kier molecular flexibility index (Phi) is 3.01. The number of hydrogen-bond acceptors (Lipinski definition) is 2. The molecule has 0 bridgehead atoms. The van der Waals surface area contributed by atoms with E-state index in [1.165, 1.54) is 4.90 Å². The Morgan fingerprint density at radius 1 is 1.32 bits per heavy atom. The Morgan fingerprint density at radius 3 is 2.79 bits per heavy atom. The molecule has 3 rings (SSSR count). The van der Waals surface area contributed by atoms with Gasteiger partial charge >= 0.3 is 0 Å². The van der Waals surface area contributed by atoms with Crippen LogP contribution in [0.5, 0.6) is 0 Å². The molecule has 102 valence electrons. The molecule has 19 heavy (non-hydrogen) atoms. The summed E-state index contributed by atoms with van der Waals surface area (Å²) in [5, 5.41) is 0.